The van der Waals surface area contributed by atoms with E-state index in [1.807, 2.05) is 18.6 Å². The molecule has 1 fully saturated rings. The summed E-state index contributed by atoms with van der Waals surface area (Å²) < 4.78 is 0. The number of piperidine rings is 1. The van der Waals surface area contributed by atoms with Crippen LogP contribution in [0.15, 0.2) is 42.9 Å². The summed E-state index contributed by atoms with van der Waals surface area (Å²) in [6.07, 6.45) is 7.83. The molecule has 0 amide bonds. The molecule has 0 spiro atoms. The van der Waals surface area contributed by atoms with Crippen LogP contribution >= 0.6 is 0 Å². The first kappa shape index (κ1) is 17.8. The highest BCUT2D eigenvalue weighted by atomic mass is 15.3. The molecule has 8 nitrogen and oxygen atoms in total. The maximum absolute atomic E-state index is 4.57. The summed E-state index contributed by atoms with van der Waals surface area (Å²) in [4.78, 5) is 2.37. The Morgan fingerprint density at radius 1 is 1.00 bits per heavy atom. The fourth-order valence-electron chi connectivity index (χ4n) is 4.25. The molecule has 0 bridgehead atoms. The van der Waals surface area contributed by atoms with E-state index < -0.39 is 0 Å². The number of aromatic nitrogens is 6. The molecule has 0 aliphatic carbocycles. The van der Waals surface area contributed by atoms with Crippen LogP contribution in [0.1, 0.15) is 19.8 Å². The number of rotatable bonds is 5. The Balaban J connectivity index is 1.48. The third-order valence-corrected chi connectivity index (χ3v) is 5.74. The molecule has 3 aromatic heterocycles. The predicted molar refractivity (Wildman–Crippen MR) is 114 cm³/mol. The summed E-state index contributed by atoms with van der Waals surface area (Å²) in [5.74, 6) is 0.944. The van der Waals surface area contributed by atoms with Gasteiger partial charge < -0.3 is 10.2 Å². The van der Waals surface area contributed by atoms with Gasteiger partial charge in [-0.15, -0.1) is 10.2 Å². The van der Waals surface area contributed by atoms with Crippen molar-refractivity contribution in [2.75, 3.05) is 24.5 Å². The van der Waals surface area contributed by atoms with Crippen molar-refractivity contribution in [3.8, 4) is 22.4 Å². The molecule has 148 valence electrons. The van der Waals surface area contributed by atoms with E-state index in [1.54, 1.807) is 0 Å². The lowest BCUT2D eigenvalue weighted by atomic mass is 10.00. The van der Waals surface area contributed by atoms with E-state index in [9.17, 15) is 0 Å². The van der Waals surface area contributed by atoms with Gasteiger partial charge in [0.15, 0.2) is 5.82 Å². The minimum atomic E-state index is 0.523. The van der Waals surface area contributed by atoms with Gasteiger partial charge in [0.25, 0.3) is 0 Å². The Morgan fingerprint density at radius 3 is 2.59 bits per heavy atom. The summed E-state index contributed by atoms with van der Waals surface area (Å²) in [7, 11) is 0. The number of H-pyrrole nitrogens is 2. The van der Waals surface area contributed by atoms with E-state index in [0.29, 0.717) is 6.04 Å². The molecule has 4 aromatic rings. The first-order valence-corrected chi connectivity index (χ1v) is 10.1. The molecule has 5 rings (SSSR count). The molecule has 8 heteroatoms. The lowest BCUT2D eigenvalue weighted by Gasteiger charge is -2.34. The maximum Gasteiger partial charge on any atom is 0.151 e. The highest BCUT2D eigenvalue weighted by Crippen LogP contribution is 2.33. The van der Waals surface area contributed by atoms with Crippen LogP contribution in [0.3, 0.4) is 0 Å². The molecular formula is C21H24N8. The average molecular weight is 388 g/mol. The second kappa shape index (κ2) is 7.63. The number of aromatic amines is 2. The quantitative estimate of drug-likeness (QED) is 0.486. The molecule has 0 atom stereocenters. The van der Waals surface area contributed by atoms with Crippen LogP contribution in [-0.4, -0.2) is 56.3 Å². The standard InChI is InChI=1S/C21H24N8/c1-2-29(15-7-9-22-10-8-15)20-6-5-19(26-27-20)17-4-3-16(14-11-23-24-12-14)18-13-25-28-21(17)18/h3-6,11-13,15,22H,2,7-10H2,1H3,(H,23,24)(H,25,28). The molecule has 0 unspecified atom stereocenters. The van der Waals surface area contributed by atoms with E-state index >= 15 is 0 Å². The Bertz CT molecular complexity index is 1080. The Labute approximate surface area is 168 Å². The number of hydrogen-bond acceptors (Lipinski definition) is 6. The minimum Gasteiger partial charge on any atom is -0.352 e. The first-order valence-electron chi connectivity index (χ1n) is 10.1. The number of nitrogens with zero attached hydrogens (tertiary/aromatic N) is 5. The monoisotopic (exact) mass is 388 g/mol. The van der Waals surface area contributed by atoms with Gasteiger partial charge in [-0.2, -0.15) is 10.2 Å². The Kier molecular flexibility index (Phi) is 4.69. The predicted octanol–water partition coefficient (Wildman–Crippen LogP) is 2.99. The van der Waals surface area contributed by atoms with E-state index in [1.165, 1.54) is 0 Å². The number of hydrogen-bond donors (Lipinski definition) is 3. The van der Waals surface area contributed by atoms with Crippen molar-refractivity contribution in [3.63, 3.8) is 0 Å². The van der Waals surface area contributed by atoms with Crippen molar-refractivity contribution >= 4 is 16.7 Å². The summed E-state index contributed by atoms with van der Waals surface area (Å²) in [6, 6.07) is 8.81. The largest absolute Gasteiger partial charge is 0.352 e. The van der Waals surface area contributed by atoms with Crippen molar-refractivity contribution in [1.29, 1.82) is 0 Å². The number of fused-ring (bicyclic) bond motifs is 1. The van der Waals surface area contributed by atoms with Gasteiger partial charge in [-0.25, -0.2) is 0 Å². The zero-order valence-electron chi connectivity index (χ0n) is 16.4. The van der Waals surface area contributed by atoms with Gasteiger partial charge in [-0.05, 0) is 56.6 Å². The number of anilines is 1. The van der Waals surface area contributed by atoms with E-state index in [2.05, 4.69) is 72.0 Å². The molecule has 4 heterocycles. The number of nitrogens with one attached hydrogen (secondary N) is 3. The van der Waals surface area contributed by atoms with Crippen molar-refractivity contribution in [1.82, 2.24) is 35.9 Å². The van der Waals surface area contributed by atoms with Crippen LogP contribution < -0.4 is 10.2 Å². The summed E-state index contributed by atoms with van der Waals surface area (Å²) in [5, 5.41) is 27.9. The van der Waals surface area contributed by atoms with Crippen LogP contribution in [0.5, 0.6) is 0 Å². The highest BCUT2D eigenvalue weighted by molar-refractivity contribution is 6.01. The number of benzene rings is 1. The maximum atomic E-state index is 4.57. The van der Waals surface area contributed by atoms with E-state index in [-0.39, 0.29) is 0 Å². The molecule has 1 saturated heterocycles. The van der Waals surface area contributed by atoms with Crippen molar-refractivity contribution in [2.24, 2.45) is 0 Å². The van der Waals surface area contributed by atoms with Crippen LogP contribution in [0, 0.1) is 0 Å². The molecule has 1 aliphatic rings. The molecule has 0 radical (unpaired) electrons. The van der Waals surface area contributed by atoms with Crippen molar-refractivity contribution in [3.05, 3.63) is 42.9 Å². The van der Waals surface area contributed by atoms with Crippen molar-refractivity contribution in [2.45, 2.75) is 25.8 Å². The van der Waals surface area contributed by atoms with Gasteiger partial charge in [0, 0.05) is 35.3 Å². The smallest absolute Gasteiger partial charge is 0.151 e. The Hall–Kier alpha value is -3.26. The second-order valence-electron chi connectivity index (χ2n) is 7.35. The summed E-state index contributed by atoms with van der Waals surface area (Å²) in [5.41, 5.74) is 4.90. The van der Waals surface area contributed by atoms with Crippen molar-refractivity contribution < 1.29 is 0 Å². The molecule has 0 saturated carbocycles. The zero-order chi connectivity index (χ0) is 19.6. The molecular weight excluding hydrogens is 364 g/mol. The lowest BCUT2D eigenvalue weighted by Crippen LogP contribution is -2.43. The third-order valence-electron chi connectivity index (χ3n) is 5.74. The SMILES string of the molecule is CCN(c1ccc(-c2ccc(-c3cn[nH]c3)c3cn[nH]c23)nn1)C1CCNCC1. The molecule has 1 aromatic carbocycles. The lowest BCUT2D eigenvalue weighted by molar-refractivity contribution is 0.431. The minimum absolute atomic E-state index is 0.523. The van der Waals surface area contributed by atoms with Crippen LogP contribution in [0.2, 0.25) is 0 Å². The summed E-state index contributed by atoms with van der Waals surface area (Å²) >= 11 is 0. The first-order chi connectivity index (χ1) is 14.3. The topological polar surface area (TPSA) is 98.4 Å². The van der Waals surface area contributed by atoms with Crippen LogP contribution in [-0.2, 0) is 0 Å². The fraction of sp³-hybridized carbons (Fsp3) is 0.333. The van der Waals surface area contributed by atoms with Crippen LogP contribution in [0.25, 0.3) is 33.3 Å². The van der Waals surface area contributed by atoms with E-state index in [0.717, 1.165) is 71.6 Å². The fourth-order valence-corrected chi connectivity index (χ4v) is 4.25. The highest BCUT2D eigenvalue weighted by Gasteiger charge is 2.21. The van der Waals surface area contributed by atoms with Gasteiger partial charge in [0.1, 0.15) is 0 Å². The second-order valence-corrected chi connectivity index (χ2v) is 7.35. The third kappa shape index (κ3) is 3.25. The van der Waals surface area contributed by atoms with Gasteiger partial charge in [0.2, 0.25) is 0 Å². The summed E-state index contributed by atoms with van der Waals surface area (Å²) in [6.45, 7) is 5.24. The van der Waals surface area contributed by atoms with Gasteiger partial charge in [-0.3, -0.25) is 10.2 Å². The van der Waals surface area contributed by atoms with Gasteiger partial charge in [-0.1, -0.05) is 6.07 Å². The van der Waals surface area contributed by atoms with Gasteiger partial charge in [0.05, 0.1) is 23.6 Å². The van der Waals surface area contributed by atoms with Crippen LogP contribution in [0.4, 0.5) is 5.82 Å². The molecule has 29 heavy (non-hydrogen) atoms. The zero-order valence-corrected chi connectivity index (χ0v) is 16.4. The normalized spacial score (nSPS) is 15.1. The van der Waals surface area contributed by atoms with E-state index in [4.69, 9.17) is 0 Å². The molecule has 1 aliphatic heterocycles. The molecule has 3 N–H and O–H groups in total. The Morgan fingerprint density at radius 2 is 1.86 bits per heavy atom. The van der Waals surface area contributed by atoms with Gasteiger partial charge >= 0.3 is 0 Å². The average Bonchev–Trinajstić information content (AvgIpc) is 3.47.